The van der Waals surface area contributed by atoms with Crippen LogP contribution in [-0.2, 0) is 17.6 Å². The average molecular weight is 390 g/mol. The molecular formula is C23H23FN4O. The van der Waals surface area contributed by atoms with Gasteiger partial charge in [-0.15, -0.1) is 6.58 Å². The lowest BCUT2D eigenvalue weighted by molar-refractivity contribution is -0.127. The van der Waals surface area contributed by atoms with Gasteiger partial charge in [0.1, 0.15) is 11.6 Å². The fourth-order valence-corrected chi connectivity index (χ4v) is 3.69. The van der Waals surface area contributed by atoms with Crippen molar-refractivity contribution in [3.8, 4) is 5.69 Å². The summed E-state index contributed by atoms with van der Waals surface area (Å²) in [5.74, 6) is 1.22. The number of hydrogen-bond acceptors (Lipinski definition) is 3. The number of carbonyl (C=O) groups is 1. The number of benzene rings is 2. The van der Waals surface area contributed by atoms with Crippen LogP contribution in [0.15, 0.2) is 67.3 Å². The highest BCUT2D eigenvalue weighted by Crippen LogP contribution is 2.29. The molecule has 4 rings (SSSR count). The molecule has 148 valence electrons. The molecule has 2 aromatic carbocycles. The highest BCUT2D eigenvalue weighted by atomic mass is 19.1. The Morgan fingerprint density at radius 3 is 2.59 bits per heavy atom. The number of halogens is 1. The minimum Gasteiger partial charge on any atom is -0.338 e. The molecule has 29 heavy (non-hydrogen) atoms. The second-order valence-electron chi connectivity index (χ2n) is 7.25. The van der Waals surface area contributed by atoms with Crippen molar-refractivity contribution in [3.05, 3.63) is 90.3 Å². The molecule has 1 aliphatic rings. The first kappa shape index (κ1) is 19.1. The third-order valence-corrected chi connectivity index (χ3v) is 5.16. The number of aromatic nitrogens is 3. The smallest absolute Gasteiger partial charge is 0.223 e. The van der Waals surface area contributed by atoms with Crippen LogP contribution in [0.2, 0.25) is 0 Å². The first-order chi connectivity index (χ1) is 14.1. The lowest BCUT2D eigenvalue weighted by Crippen LogP contribution is -2.25. The van der Waals surface area contributed by atoms with E-state index in [0.717, 1.165) is 23.8 Å². The Bertz CT molecular complexity index is 997. The molecule has 5 nitrogen and oxygen atoms in total. The Labute approximate surface area is 169 Å². The summed E-state index contributed by atoms with van der Waals surface area (Å²) in [6, 6.07) is 16.4. The zero-order chi connectivity index (χ0) is 20.2. The zero-order valence-corrected chi connectivity index (χ0v) is 16.2. The molecule has 2 heterocycles. The van der Waals surface area contributed by atoms with E-state index in [1.165, 1.54) is 17.7 Å². The van der Waals surface area contributed by atoms with Crippen LogP contribution in [0.25, 0.3) is 5.69 Å². The molecule has 0 bridgehead atoms. The number of amides is 1. The van der Waals surface area contributed by atoms with Gasteiger partial charge in [0.05, 0.1) is 5.69 Å². The summed E-state index contributed by atoms with van der Waals surface area (Å²) in [6.45, 7) is 4.84. The summed E-state index contributed by atoms with van der Waals surface area (Å²) in [4.78, 5) is 18.9. The standard InChI is InChI=1S/C23H23FN4O/c1-2-14-27-16-18(15-22(27)29)23-25-21(13-8-17-6-4-3-5-7-17)26-28(23)20-11-9-19(24)10-12-20/h2-7,9-12,18H,1,8,13-16H2/t18-/m1/s1. The van der Waals surface area contributed by atoms with Gasteiger partial charge in [0.25, 0.3) is 0 Å². The molecule has 1 saturated heterocycles. The fourth-order valence-electron chi connectivity index (χ4n) is 3.69. The van der Waals surface area contributed by atoms with Gasteiger partial charge in [-0.25, -0.2) is 14.1 Å². The van der Waals surface area contributed by atoms with Crippen LogP contribution in [0, 0.1) is 5.82 Å². The van der Waals surface area contributed by atoms with Crippen molar-refractivity contribution < 1.29 is 9.18 Å². The molecule has 1 atom stereocenters. The number of hydrogen-bond donors (Lipinski definition) is 0. The molecule has 1 aliphatic heterocycles. The van der Waals surface area contributed by atoms with Gasteiger partial charge in [-0.3, -0.25) is 4.79 Å². The van der Waals surface area contributed by atoms with Gasteiger partial charge in [-0.05, 0) is 36.2 Å². The molecule has 0 saturated carbocycles. The van der Waals surface area contributed by atoms with E-state index < -0.39 is 0 Å². The SMILES string of the molecule is C=CCN1C[C@H](c2nc(CCc3ccccc3)nn2-c2ccc(F)cc2)CC1=O. The van der Waals surface area contributed by atoms with Crippen LogP contribution in [-0.4, -0.2) is 38.7 Å². The van der Waals surface area contributed by atoms with Crippen LogP contribution >= 0.6 is 0 Å². The van der Waals surface area contributed by atoms with E-state index in [1.54, 1.807) is 27.8 Å². The van der Waals surface area contributed by atoms with Crippen molar-refractivity contribution in [2.45, 2.75) is 25.2 Å². The van der Waals surface area contributed by atoms with Crippen molar-refractivity contribution >= 4 is 5.91 Å². The molecule has 0 spiro atoms. The Kier molecular flexibility index (Phi) is 5.51. The first-order valence-electron chi connectivity index (χ1n) is 9.78. The second-order valence-corrected chi connectivity index (χ2v) is 7.25. The number of likely N-dealkylation sites (tertiary alicyclic amines) is 1. The lowest BCUT2D eigenvalue weighted by Gasteiger charge is -2.14. The summed E-state index contributed by atoms with van der Waals surface area (Å²) in [5.41, 5.74) is 1.97. The zero-order valence-electron chi connectivity index (χ0n) is 16.2. The summed E-state index contributed by atoms with van der Waals surface area (Å²) >= 11 is 0. The predicted octanol–water partition coefficient (Wildman–Crippen LogP) is 3.69. The number of carbonyl (C=O) groups excluding carboxylic acids is 1. The largest absolute Gasteiger partial charge is 0.338 e. The molecule has 1 aromatic heterocycles. The van der Waals surface area contributed by atoms with Crippen molar-refractivity contribution in [1.82, 2.24) is 19.7 Å². The van der Waals surface area contributed by atoms with Crippen LogP contribution < -0.4 is 0 Å². The predicted molar refractivity (Wildman–Crippen MR) is 109 cm³/mol. The summed E-state index contributed by atoms with van der Waals surface area (Å²) in [5, 5.41) is 4.70. The number of nitrogens with zero attached hydrogens (tertiary/aromatic N) is 4. The van der Waals surface area contributed by atoms with Gasteiger partial charge in [-0.1, -0.05) is 36.4 Å². The van der Waals surface area contributed by atoms with Crippen molar-refractivity contribution in [2.24, 2.45) is 0 Å². The van der Waals surface area contributed by atoms with Crippen molar-refractivity contribution in [1.29, 1.82) is 0 Å². The highest BCUT2D eigenvalue weighted by molar-refractivity contribution is 5.79. The van der Waals surface area contributed by atoms with Gasteiger partial charge >= 0.3 is 0 Å². The van der Waals surface area contributed by atoms with Gasteiger partial charge in [0, 0.05) is 31.8 Å². The van der Waals surface area contributed by atoms with Crippen LogP contribution in [0.4, 0.5) is 4.39 Å². The van der Waals surface area contributed by atoms with Gasteiger partial charge < -0.3 is 4.90 Å². The molecule has 1 amide bonds. The maximum absolute atomic E-state index is 13.4. The highest BCUT2D eigenvalue weighted by Gasteiger charge is 2.33. The summed E-state index contributed by atoms with van der Waals surface area (Å²) < 4.78 is 15.2. The average Bonchev–Trinajstić information content (AvgIpc) is 3.32. The molecule has 0 radical (unpaired) electrons. The van der Waals surface area contributed by atoms with E-state index in [-0.39, 0.29) is 17.6 Å². The van der Waals surface area contributed by atoms with Crippen LogP contribution in [0.3, 0.4) is 0 Å². The minimum absolute atomic E-state index is 0.0505. The Hall–Kier alpha value is -3.28. The summed E-state index contributed by atoms with van der Waals surface area (Å²) in [7, 11) is 0. The first-order valence-corrected chi connectivity index (χ1v) is 9.78. The van der Waals surface area contributed by atoms with E-state index in [4.69, 9.17) is 10.1 Å². The third kappa shape index (κ3) is 4.26. The van der Waals surface area contributed by atoms with E-state index in [2.05, 4.69) is 18.7 Å². The Morgan fingerprint density at radius 1 is 1.10 bits per heavy atom. The van der Waals surface area contributed by atoms with Gasteiger partial charge in [-0.2, -0.15) is 5.10 Å². The normalized spacial score (nSPS) is 16.4. The molecule has 3 aromatic rings. The molecule has 0 aliphatic carbocycles. The lowest BCUT2D eigenvalue weighted by atomic mass is 10.1. The maximum atomic E-state index is 13.4. The molecular weight excluding hydrogens is 367 g/mol. The monoisotopic (exact) mass is 390 g/mol. The number of rotatable bonds is 7. The van der Waals surface area contributed by atoms with E-state index >= 15 is 0 Å². The van der Waals surface area contributed by atoms with Crippen molar-refractivity contribution in [2.75, 3.05) is 13.1 Å². The third-order valence-electron chi connectivity index (χ3n) is 5.16. The topological polar surface area (TPSA) is 51.0 Å². The van der Waals surface area contributed by atoms with Crippen LogP contribution in [0.5, 0.6) is 0 Å². The molecule has 0 unspecified atom stereocenters. The quantitative estimate of drug-likeness (QED) is 0.578. The second kappa shape index (κ2) is 8.39. The van der Waals surface area contributed by atoms with Crippen molar-refractivity contribution in [3.63, 3.8) is 0 Å². The minimum atomic E-state index is -0.298. The molecule has 6 heteroatoms. The van der Waals surface area contributed by atoms with Gasteiger partial charge in [0.15, 0.2) is 5.82 Å². The van der Waals surface area contributed by atoms with E-state index in [9.17, 15) is 9.18 Å². The number of aryl methyl sites for hydroxylation is 2. The fraction of sp³-hybridized carbons (Fsp3) is 0.261. The van der Waals surface area contributed by atoms with E-state index in [1.807, 2.05) is 18.2 Å². The van der Waals surface area contributed by atoms with E-state index in [0.29, 0.717) is 25.9 Å². The van der Waals surface area contributed by atoms with Crippen LogP contribution in [0.1, 0.15) is 29.6 Å². The maximum Gasteiger partial charge on any atom is 0.223 e. The Balaban J connectivity index is 1.63. The van der Waals surface area contributed by atoms with Gasteiger partial charge in [0.2, 0.25) is 5.91 Å². The Morgan fingerprint density at radius 2 is 1.86 bits per heavy atom. The molecule has 1 fully saturated rings. The molecule has 0 N–H and O–H groups in total. The summed E-state index contributed by atoms with van der Waals surface area (Å²) in [6.07, 6.45) is 3.66.